The van der Waals surface area contributed by atoms with E-state index >= 15 is 0 Å². The van der Waals surface area contributed by atoms with E-state index in [-0.39, 0.29) is 23.7 Å². The zero-order valence-corrected chi connectivity index (χ0v) is 17.7. The summed E-state index contributed by atoms with van der Waals surface area (Å²) in [6.07, 6.45) is 1.33. The first-order valence-corrected chi connectivity index (χ1v) is 9.66. The molecule has 0 fully saturated rings. The van der Waals surface area contributed by atoms with Gasteiger partial charge in [0.2, 0.25) is 0 Å². The summed E-state index contributed by atoms with van der Waals surface area (Å²) < 4.78 is 6.28. The Balaban J connectivity index is 1.55. The number of para-hydroxylation sites is 2. The van der Waals surface area contributed by atoms with Crippen LogP contribution >= 0.6 is 0 Å². The lowest BCUT2D eigenvalue weighted by atomic mass is 10.2. The molecule has 33 heavy (non-hydrogen) atoms. The van der Waals surface area contributed by atoms with E-state index in [0.717, 1.165) is 0 Å². The second-order valence-corrected chi connectivity index (χ2v) is 7.20. The van der Waals surface area contributed by atoms with Crippen LogP contribution in [0.5, 0.6) is 0 Å². The van der Waals surface area contributed by atoms with Gasteiger partial charge in [-0.05, 0) is 28.5 Å². The van der Waals surface area contributed by atoms with E-state index < -0.39 is 10.8 Å². The van der Waals surface area contributed by atoms with Crippen molar-refractivity contribution in [1.82, 2.24) is 25.3 Å². The Morgan fingerprint density at radius 3 is 2.79 bits per heavy atom. The summed E-state index contributed by atoms with van der Waals surface area (Å²) >= 11 is 0. The third kappa shape index (κ3) is 4.32. The number of nitrogens with zero attached hydrogens (tertiary/aromatic N) is 7. The molecule has 4 aromatic rings. The van der Waals surface area contributed by atoms with Crippen LogP contribution in [0.2, 0.25) is 0 Å². The molecule has 0 aliphatic carbocycles. The molecule has 0 atom stereocenters. The van der Waals surface area contributed by atoms with E-state index in [0.29, 0.717) is 28.1 Å². The van der Waals surface area contributed by atoms with Gasteiger partial charge in [-0.25, -0.2) is 15.0 Å². The Morgan fingerprint density at radius 2 is 2.09 bits per heavy atom. The molecule has 2 aromatic carbocycles. The van der Waals surface area contributed by atoms with Gasteiger partial charge in [-0.1, -0.05) is 18.2 Å². The second kappa shape index (κ2) is 8.74. The molecule has 0 aliphatic rings. The topological polar surface area (TPSA) is 171 Å². The number of nitro groups is 1. The first-order chi connectivity index (χ1) is 15.8. The van der Waals surface area contributed by atoms with Gasteiger partial charge in [0.15, 0.2) is 17.3 Å². The average molecular weight is 449 g/mol. The number of rotatable bonds is 7. The van der Waals surface area contributed by atoms with Crippen molar-refractivity contribution in [3.8, 4) is 11.5 Å². The van der Waals surface area contributed by atoms with Gasteiger partial charge in [0.05, 0.1) is 22.2 Å². The van der Waals surface area contributed by atoms with Crippen LogP contribution in [0, 0.1) is 10.1 Å². The maximum Gasteiger partial charge on any atom is 0.293 e. The standard InChI is InChI=1S/C20H19N9O4/c1-27(2)15-8-7-12(9-16(15)29(31)32)10-22-24-17(30)11-28-14-6-4-3-5-13(14)23-20(28)18-19(21)26-33-25-18/h3-10H,11H2,1-2H3,(H2,21,26)(H,24,30)/b22-10+. The van der Waals surface area contributed by atoms with Crippen molar-refractivity contribution in [2.75, 3.05) is 24.7 Å². The van der Waals surface area contributed by atoms with Crippen molar-refractivity contribution in [3.05, 3.63) is 58.1 Å². The number of fused-ring (bicyclic) bond motifs is 1. The minimum atomic E-state index is -0.471. The number of carbonyl (C=O) groups excluding carboxylic acids is 1. The number of hydrogen-bond acceptors (Lipinski definition) is 10. The number of benzene rings is 2. The summed E-state index contributed by atoms with van der Waals surface area (Å²) in [5, 5.41) is 22.6. The van der Waals surface area contributed by atoms with Crippen LogP contribution in [0.15, 0.2) is 52.2 Å². The van der Waals surface area contributed by atoms with Gasteiger partial charge >= 0.3 is 0 Å². The maximum atomic E-state index is 12.6. The number of nitrogen functional groups attached to an aromatic ring is 1. The summed E-state index contributed by atoms with van der Waals surface area (Å²) in [6, 6.07) is 11.9. The minimum Gasteiger partial charge on any atom is -0.379 e. The molecule has 0 radical (unpaired) electrons. The third-order valence-electron chi connectivity index (χ3n) is 4.76. The molecule has 13 heteroatoms. The monoisotopic (exact) mass is 449 g/mol. The van der Waals surface area contributed by atoms with Gasteiger partial charge in [0.25, 0.3) is 11.6 Å². The number of nitro benzene ring substituents is 1. The average Bonchev–Trinajstić information content (AvgIpc) is 3.36. The van der Waals surface area contributed by atoms with Crippen LogP contribution in [0.4, 0.5) is 17.2 Å². The normalized spacial score (nSPS) is 11.2. The fraction of sp³-hybridized carbons (Fsp3) is 0.150. The highest BCUT2D eigenvalue weighted by Crippen LogP contribution is 2.28. The summed E-state index contributed by atoms with van der Waals surface area (Å²) in [4.78, 5) is 29.6. The molecule has 0 spiro atoms. The highest BCUT2D eigenvalue weighted by molar-refractivity contribution is 5.87. The number of hydrogen-bond donors (Lipinski definition) is 2. The Bertz CT molecular complexity index is 1370. The number of carbonyl (C=O) groups is 1. The number of nitrogens with two attached hydrogens (primary N) is 1. The molecule has 0 unspecified atom stereocenters. The van der Waals surface area contributed by atoms with Crippen LogP contribution in [0.3, 0.4) is 0 Å². The van der Waals surface area contributed by atoms with Crippen molar-refractivity contribution in [2.24, 2.45) is 5.10 Å². The van der Waals surface area contributed by atoms with E-state index in [2.05, 4.69) is 30.5 Å². The van der Waals surface area contributed by atoms with Gasteiger partial charge in [0, 0.05) is 25.7 Å². The number of anilines is 2. The predicted octanol–water partition coefficient (Wildman–Crippen LogP) is 1.79. The van der Waals surface area contributed by atoms with Gasteiger partial charge in [-0.2, -0.15) is 5.10 Å². The van der Waals surface area contributed by atoms with Crippen molar-refractivity contribution in [2.45, 2.75) is 6.54 Å². The largest absolute Gasteiger partial charge is 0.379 e. The first-order valence-electron chi connectivity index (χ1n) is 9.66. The number of amides is 1. The predicted molar refractivity (Wildman–Crippen MR) is 121 cm³/mol. The van der Waals surface area contributed by atoms with Crippen LogP contribution in [-0.2, 0) is 11.3 Å². The molecule has 1 amide bonds. The summed E-state index contributed by atoms with van der Waals surface area (Å²) in [6.45, 7) is -0.140. The Kier molecular flexibility index (Phi) is 5.67. The molecule has 0 bridgehead atoms. The Labute approximate surface area is 186 Å². The smallest absolute Gasteiger partial charge is 0.293 e. The lowest BCUT2D eigenvalue weighted by molar-refractivity contribution is -0.384. The molecular weight excluding hydrogens is 430 g/mol. The molecule has 2 aromatic heterocycles. The van der Waals surface area contributed by atoms with Crippen molar-refractivity contribution < 1.29 is 14.3 Å². The number of aromatic nitrogens is 4. The van der Waals surface area contributed by atoms with Crippen LogP contribution in [-0.4, -0.2) is 51.0 Å². The van der Waals surface area contributed by atoms with Gasteiger partial charge in [-0.15, -0.1) is 0 Å². The van der Waals surface area contributed by atoms with Gasteiger partial charge in [0.1, 0.15) is 12.2 Å². The summed E-state index contributed by atoms with van der Waals surface area (Å²) in [5.41, 5.74) is 10.6. The van der Waals surface area contributed by atoms with Crippen LogP contribution in [0.1, 0.15) is 5.56 Å². The van der Waals surface area contributed by atoms with Crippen molar-refractivity contribution in [1.29, 1.82) is 0 Å². The van der Waals surface area contributed by atoms with Crippen LogP contribution in [0.25, 0.3) is 22.6 Å². The maximum absolute atomic E-state index is 12.6. The quantitative estimate of drug-likeness (QED) is 0.242. The van der Waals surface area contributed by atoms with Crippen molar-refractivity contribution in [3.63, 3.8) is 0 Å². The number of hydrazone groups is 1. The lowest BCUT2D eigenvalue weighted by Gasteiger charge is -2.12. The van der Waals surface area contributed by atoms with Crippen LogP contribution < -0.4 is 16.1 Å². The fourth-order valence-electron chi connectivity index (χ4n) is 3.27. The highest BCUT2D eigenvalue weighted by atomic mass is 16.6. The van der Waals surface area contributed by atoms with E-state index in [4.69, 9.17) is 5.73 Å². The molecular formula is C20H19N9O4. The number of nitrogens with one attached hydrogen (secondary N) is 1. The van der Waals surface area contributed by atoms with E-state index in [1.54, 1.807) is 47.8 Å². The molecule has 2 heterocycles. The van der Waals surface area contributed by atoms with E-state index in [1.165, 1.54) is 12.3 Å². The zero-order chi connectivity index (χ0) is 23.5. The SMILES string of the molecule is CN(C)c1ccc(/C=N/NC(=O)Cn2c(-c3nonc3N)nc3ccccc32)cc1[N+](=O)[O-]. The lowest BCUT2D eigenvalue weighted by Crippen LogP contribution is -2.23. The molecule has 168 valence electrons. The minimum absolute atomic E-state index is 0.0488. The second-order valence-electron chi connectivity index (χ2n) is 7.20. The first kappa shape index (κ1) is 21.4. The molecule has 0 saturated carbocycles. The summed E-state index contributed by atoms with van der Waals surface area (Å²) in [7, 11) is 3.43. The van der Waals surface area contributed by atoms with Crippen molar-refractivity contribution >= 4 is 40.3 Å². The Hall–Kier alpha value is -4.81. The molecule has 4 rings (SSSR count). The molecule has 13 nitrogen and oxygen atoms in total. The third-order valence-corrected chi connectivity index (χ3v) is 4.76. The van der Waals surface area contributed by atoms with Gasteiger partial charge < -0.3 is 15.2 Å². The zero-order valence-electron chi connectivity index (χ0n) is 17.7. The summed E-state index contributed by atoms with van der Waals surface area (Å²) in [5.74, 6) is -0.0816. The molecule has 3 N–H and O–H groups in total. The molecule has 0 saturated heterocycles. The van der Waals surface area contributed by atoms with E-state index in [1.807, 2.05) is 12.1 Å². The van der Waals surface area contributed by atoms with Gasteiger partial charge in [-0.3, -0.25) is 14.9 Å². The van der Waals surface area contributed by atoms with E-state index in [9.17, 15) is 14.9 Å². The number of imidazole rings is 1. The Morgan fingerprint density at radius 1 is 1.30 bits per heavy atom. The fourth-order valence-corrected chi connectivity index (χ4v) is 3.27. The molecule has 0 aliphatic heterocycles. The highest BCUT2D eigenvalue weighted by Gasteiger charge is 2.20.